The van der Waals surface area contributed by atoms with Crippen LogP contribution in [-0.2, 0) is 19.6 Å². The van der Waals surface area contributed by atoms with Gasteiger partial charge in [0.15, 0.2) is 6.10 Å². The van der Waals surface area contributed by atoms with Gasteiger partial charge in [-0.15, -0.1) is 0 Å². The number of carbonyl (C=O) groups is 2. The third kappa shape index (κ3) is 3.80. The molecule has 0 radical (unpaired) electrons. The van der Waals surface area contributed by atoms with E-state index in [0.717, 1.165) is 32.4 Å². The van der Waals surface area contributed by atoms with Crippen molar-refractivity contribution in [3.8, 4) is 5.75 Å². The molecule has 0 unspecified atom stereocenters. The Morgan fingerprint density at radius 3 is 2.63 bits per heavy atom. The van der Waals surface area contributed by atoms with Crippen molar-refractivity contribution in [2.24, 2.45) is 5.92 Å². The summed E-state index contributed by atoms with van der Waals surface area (Å²) in [6.07, 6.45) is 3.28. The summed E-state index contributed by atoms with van der Waals surface area (Å²) in [5.74, 6) is -0.0670. The number of ether oxygens (including phenoxy) is 1. The van der Waals surface area contributed by atoms with Gasteiger partial charge in [-0.2, -0.15) is 4.31 Å². The van der Waals surface area contributed by atoms with E-state index >= 15 is 0 Å². The Morgan fingerprint density at radius 1 is 1.20 bits per heavy atom. The van der Waals surface area contributed by atoms with Crippen molar-refractivity contribution in [3.05, 3.63) is 17.7 Å². The highest BCUT2D eigenvalue weighted by Crippen LogP contribution is 2.36. The van der Waals surface area contributed by atoms with Crippen LogP contribution >= 0.6 is 0 Å². The van der Waals surface area contributed by atoms with Crippen molar-refractivity contribution in [1.29, 1.82) is 0 Å². The predicted molar refractivity (Wildman–Crippen MR) is 112 cm³/mol. The Bertz CT molecular complexity index is 956. The summed E-state index contributed by atoms with van der Waals surface area (Å²) in [6.45, 7) is 5.71. The number of piperidine rings is 1. The number of hydrogen-bond acceptors (Lipinski definition) is 5. The largest absolute Gasteiger partial charge is 0.478 e. The first kappa shape index (κ1) is 21.1. The van der Waals surface area contributed by atoms with Crippen LogP contribution in [0.25, 0.3) is 0 Å². The number of rotatable bonds is 4. The van der Waals surface area contributed by atoms with Gasteiger partial charge in [0.1, 0.15) is 5.75 Å². The average Bonchev–Trinajstić information content (AvgIpc) is 3.27. The van der Waals surface area contributed by atoms with Crippen molar-refractivity contribution in [3.63, 3.8) is 0 Å². The number of carbonyl (C=O) groups excluding carboxylic acids is 2. The third-order valence-electron chi connectivity index (χ3n) is 6.24. The summed E-state index contributed by atoms with van der Waals surface area (Å²) in [7, 11) is -3.78. The van der Waals surface area contributed by atoms with Crippen LogP contribution in [0.15, 0.2) is 17.0 Å². The average molecular weight is 436 g/mol. The second kappa shape index (κ2) is 8.19. The number of benzene rings is 1. The Balaban J connectivity index is 1.58. The summed E-state index contributed by atoms with van der Waals surface area (Å²) in [5, 5.41) is 2.79. The van der Waals surface area contributed by atoms with Crippen molar-refractivity contribution >= 4 is 27.5 Å². The fraction of sp³-hybridized carbons (Fsp3) is 0.619. The number of hydrogen-bond donors (Lipinski definition) is 1. The maximum absolute atomic E-state index is 13.5. The minimum absolute atomic E-state index is 0.0754. The summed E-state index contributed by atoms with van der Waals surface area (Å²) in [5.41, 5.74) is 1.03. The third-order valence-corrected chi connectivity index (χ3v) is 8.24. The highest BCUT2D eigenvalue weighted by Gasteiger charge is 2.37. The van der Waals surface area contributed by atoms with Gasteiger partial charge in [-0.3, -0.25) is 9.59 Å². The van der Waals surface area contributed by atoms with E-state index in [9.17, 15) is 18.0 Å². The molecular weight excluding hydrogens is 406 g/mol. The van der Waals surface area contributed by atoms with Crippen LogP contribution in [0.5, 0.6) is 5.75 Å². The lowest BCUT2D eigenvalue weighted by molar-refractivity contribution is -0.135. The monoisotopic (exact) mass is 435 g/mol. The molecule has 0 spiro atoms. The Morgan fingerprint density at radius 2 is 1.93 bits per heavy atom. The summed E-state index contributed by atoms with van der Waals surface area (Å²) in [4.78, 5) is 26.9. The molecule has 1 N–H and O–H groups in total. The number of nitrogens with one attached hydrogen (secondary N) is 1. The van der Waals surface area contributed by atoms with Gasteiger partial charge in [0.2, 0.25) is 15.9 Å². The van der Waals surface area contributed by atoms with Crippen molar-refractivity contribution in [2.75, 3.05) is 31.5 Å². The normalized spacial score (nSPS) is 24.9. The van der Waals surface area contributed by atoms with Crippen LogP contribution in [0, 0.1) is 12.8 Å². The van der Waals surface area contributed by atoms with Gasteiger partial charge in [-0.25, -0.2) is 8.42 Å². The number of fused-ring (bicyclic) bond motifs is 1. The zero-order valence-electron chi connectivity index (χ0n) is 17.5. The number of amides is 2. The molecule has 1 aromatic carbocycles. The standard InChI is InChI=1S/C21H29N3O5S/c1-3-17-20(25)22-16-11-14(2)19(12-18(16)29-17)30(27,28)24-10-6-7-15(13-24)21(26)23-8-4-5-9-23/h11-12,15,17H,3-10,13H2,1-2H3,(H,22,25)/t15-,17+/m0/s1. The topological polar surface area (TPSA) is 96.0 Å². The van der Waals surface area contributed by atoms with E-state index < -0.39 is 16.1 Å². The fourth-order valence-corrected chi connectivity index (χ4v) is 6.27. The maximum Gasteiger partial charge on any atom is 0.265 e. The molecule has 0 saturated carbocycles. The van der Waals surface area contributed by atoms with E-state index in [4.69, 9.17) is 4.74 Å². The van der Waals surface area contributed by atoms with E-state index in [1.807, 2.05) is 11.8 Å². The molecule has 3 aliphatic heterocycles. The van der Waals surface area contributed by atoms with E-state index in [1.165, 1.54) is 10.4 Å². The van der Waals surface area contributed by atoms with Crippen LogP contribution in [-0.4, -0.2) is 61.7 Å². The minimum atomic E-state index is -3.78. The lowest BCUT2D eigenvalue weighted by atomic mass is 9.98. The van der Waals surface area contributed by atoms with Gasteiger partial charge in [0.25, 0.3) is 5.91 Å². The Hall–Kier alpha value is -2.13. The van der Waals surface area contributed by atoms with E-state index in [0.29, 0.717) is 36.4 Å². The molecule has 2 amide bonds. The van der Waals surface area contributed by atoms with Crippen molar-refractivity contribution in [2.45, 2.75) is 57.0 Å². The molecule has 1 aromatic rings. The molecule has 3 heterocycles. The molecule has 2 saturated heterocycles. The predicted octanol–water partition coefficient (Wildman–Crippen LogP) is 2.13. The number of aryl methyl sites for hydroxylation is 1. The SMILES string of the molecule is CC[C@H]1Oc2cc(S(=O)(=O)N3CCC[C@H](C(=O)N4CCCC4)C3)c(C)cc2NC1=O. The van der Waals surface area contributed by atoms with Crippen LogP contribution in [0.2, 0.25) is 0 Å². The lowest BCUT2D eigenvalue weighted by Gasteiger charge is -2.34. The van der Waals surface area contributed by atoms with Gasteiger partial charge in [-0.05, 0) is 50.7 Å². The molecule has 0 aliphatic carbocycles. The molecule has 4 rings (SSSR count). The van der Waals surface area contributed by atoms with Crippen LogP contribution in [0.4, 0.5) is 5.69 Å². The molecule has 164 valence electrons. The molecule has 9 heteroatoms. The van der Waals surface area contributed by atoms with Gasteiger partial charge in [0, 0.05) is 32.2 Å². The summed E-state index contributed by atoms with van der Waals surface area (Å²) >= 11 is 0. The molecule has 2 atom stereocenters. The quantitative estimate of drug-likeness (QED) is 0.782. The van der Waals surface area contributed by atoms with Crippen molar-refractivity contribution < 1.29 is 22.7 Å². The smallest absolute Gasteiger partial charge is 0.265 e. The molecular formula is C21H29N3O5S. The maximum atomic E-state index is 13.5. The Kier molecular flexibility index (Phi) is 5.76. The van der Waals surface area contributed by atoms with E-state index in [2.05, 4.69) is 5.32 Å². The number of sulfonamides is 1. The first-order chi connectivity index (χ1) is 14.3. The second-order valence-corrected chi connectivity index (χ2v) is 10.3. The lowest BCUT2D eigenvalue weighted by Crippen LogP contribution is -2.46. The fourth-order valence-electron chi connectivity index (χ4n) is 4.53. The Labute approximate surface area is 177 Å². The van der Waals surface area contributed by atoms with Gasteiger partial charge in [0.05, 0.1) is 16.5 Å². The number of nitrogens with zero attached hydrogens (tertiary/aromatic N) is 2. The number of likely N-dealkylation sites (tertiary alicyclic amines) is 1. The van der Waals surface area contributed by atoms with Crippen LogP contribution in [0.1, 0.15) is 44.6 Å². The number of anilines is 1. The van der Waals surface area contributed by atoms with Gasteiger partial charge < -0.3 is 15.0 Å². The van der Waals surface area contributed by atoms with Gasteiger partial charge >= 0.3 is 0 Å². The zero-order valence-corrected chi connectivity index (χ0v) is 18.3. The molecule has 30 heavy (non-hydrogen) atoms. The molecule has 0 aromatic heterocycles. The molecule has 3 aliphatic rings. The van der Waals surface area contributed by atoms with Crippen molar-refractivity contribution in [1.82, 2.24) is 9.21 Å². The van der Waals surface area contributed by atoms with E-state index in [1.54, 1.807) is 13.0 Å². The van der Waals surface area contributed by atoms with Crippen LogP contribution in [0.3, 0.4) is 0 Å². The highest BCUT2D eigenvalue weighted by molar-refractivity contribution is 7.89. The second-order valence-electron chi connectivity index (χ2n) is 8.35. The van der Waals surface area contributed by atoms with Gasteiger partial charge in [-0.1, -0.05) is 6.92 Å². The molecule has 8 nitrogen and oxygen atoms in total. The minimum Gasteiger partial charge on any atom is -0.478 e. The van der Waals surface area contributed by atoms with E-state index in [-0.39, 0.29) is 29.2 Å². The summed E-state index contributed by atoms with van der Waals surface area (Å²) < 4.78 is 34.1. The molecule has 2 fully saturated rings. The van der Waals surface area contributed by atoms with Crippen LogP contribution < -0.4 is 10.1 Å². The zero-order chi connectivity index (χ0) is 21.5. The first-order valence-corrected chi connectivity index (χ1v) is 12.2. The first-order valence-electron chi connectivity index (χ1n) is 10.7. The molecule has 0 bridgehead atoms. The highest BCUT2D eigenvalue weighted by atomic mass is 32.2. The summed E-state index contributed by atoms with van der Waals surface area (Å²) in [6, 6.07) is 3.15.